The summed E-state index contributed by atoms with van der Waals surface area (Å²) in [7, 11) is 0. The molecule has 0 aromatic carbocycles. The van der Waals surface area contributed by atoms with Crippen LogP contribution in [0.2, 0.25) is 0 Å². The number of hydrogen-bond donors (Lipinski definition) is 1. The molecule has 2 N–H and O–H groups in total. The zero-order valence-corrected chi connectivity index (χ0v) is 8.79. The third-order valence-corrected chi connectivity index (χ3v) is 3.02. The number of rotatable bonds is 3. The van der Waals surface area contributed by atoms with Crippen LogP contribution in [-0.4, -0.2) is 5.75 Å². The highest BCUT2D eigenvalue weighted by Crippen LogP contribution is 2.33. The van der Waals surface area contributed by atoms with Crippen LogP contribution < -0.4 is 5.73 Å². The second-order valence-electron chi connectivity index (χ2n) is 3.63. The molecule has 1 nitrogen and oxygen atoms in total. The Morgan fingerprint density at radius 2 is 2.00 bits per heavy atom. The average molecular weight is 173 g/mol. The van der Waals surface area contributed by atoms with Crippen molar-refractivity contribution in [3.63, 3.8) is 0 Å². The quantitative estimate of drug-likeness (QED) is 0.710. The third-order valence-electron chi connectivity index (χ3n) is 1.35. The first-order chi connectivity index (χ1) is 5.02. The van der Waals surface area contributed by atoms with Crippen LogP contribution in [0.25, 0.3) is 0 Å². The fourth-order valence-electron chi connectivity index (χ4n) is 0.727. The van der Waals surface area contributed by atoms with Crippen molar-refractivity contribution in [1.29, 1.82) is 0 Å². The lowest BCUT2D eigenvalue weighted by atomic mass is 9.97. The molecule has 0 unspecified atom stereocenters. The van der Waals surface area contributed by atoms with Crippen LogP contribution in [0.4, 0.5) is 0 Å². The molecule has 0 fully saturated rings. The summed E-state index contributed by atoms with van der Waals surface area (Å²) >= 11 is 1.86. The third kappa shape index (κ3) is 4.35. The molecule has 0 aromatic rings. The van der Waals surface area contributed by atoms with Gasteiger partial charge in [-0.1, -0.05) is 27.7 Å². The van der Waals surface area contributed by atoms with Gasteiger partial charge in [0.1, 0.15) is 0 Å². The SMILES string of the molecule is CCCS/C(=C\N)C(C)(C)C. The van der Waals surface area contributed by atoms with E-state index < -0.39 is 0 Å². The number of allylic oxidation sites excluding steroid dienone is 1. The van der Waals surface area contributed by atoms with Crippen molar-refractivity contribution < 1.29 is 0 Å². The minimum atomic E-state index is 0.217. The van der Waals surface area contributed by atoms with E-state index in [0.29, 0.717) is 0 Å². The maximum Gasteiger partial charge on any atom is 0.00559 e. The smallest absolute Gasteiger partial charge is 0.00559 e. The molecule has 0 aliphatic rings. The van der Waals surface area contributed by atoms with Crippen molar-refractivity contribution in [2.24, 2.45) is 11.1 Å². The molecule has 0 bridgehead atoms. The van der Waals surface area contributed by atoms with Gasteiger partial charge in [-0.3, -0.25) is 0 Å². The summed E-state index contributed by atoms with van der Waals surface area (Å²) in [6.07, 6.45) is 2.94. The Morgan fingerprint density at radius 1 is 1.45 bits per heavy atom. The van der Waals surface area contributed by atoms with E-state index in [-0.39, 0.29) is 5.41 Å². The average Bonchev–Trinajstić information content (AvgIpc) is 1.87. The Hall–Kier alpha value is -0.110. The Bertz CT molecular complexity index is 133. The van der Waals surface area contributed by atoms with Gasteiger partial charge in [-0.15, -0.1) is 11.8 Å². The summed E-state index contributed by atoms with van der Waals surface area (Å²) < 4.78 is 0. The van der Waals surface area contributed by atoms with Gasteiger partial charge in [0.05, 0.1) is 0 Å². The number of thioether (sulfide) groups is 1. The van der Waals surface area contributed by atoms with Crippen LogP contribution in [0.3, 0.4) is 0 Å². The van der Waals surface area contributed by atoms with Gasteiger partial charge in [0, 0.05) is 11.1 Å². The van der Waals surface area contributed by atoms with Gasteiger partial charge >= 0.3 is 0 Å². The maximum atomic E-state index is 5.52. The molecular weight excluding hydrogens is 154 g/mol. The van der Waals surface area contributed by atoms with E-state index >= 15 is 0 Å². The molecule has 66 valence electrons. The van der Waals surface area contributed by atoms with Gasteiger partial charge in [-0.25, -0.2) is 0 Å². The molecule has 11 heavy (non-hydrogen) atoms. The van der Waals surface area contributed by atoms with Crippen molar-refractivity contribution in [3.8, 4) is 0 Å². The van der Waals surface area contributed by atoms with E-state index in [9.17, 15) is 0 Å². The molecular formula is C9H19NS. The van der Waals surface area contributed by atoms with Crippen LogP contribution in [0.5, 0.6) is 0 Å². The second kappa shape index (κ2) is 4.70. The van der Waals surface area contributed by atoms with Crippen molar-refractivity contribution in [3.05, 3.63) is 11.1 Å². The highest BCUT2D eigenvalue weighted by Gasteiger charge is 2.16. The summed E-state index contributed by atoms with van der Waals surface area (Å²) in [5, 5.41) is 0. The molecule has 0 spiro atoms. The first-order valence-corrected chi connectivity index (χ1v) is 5.06. The molecule has 0 amide bonds. The highest BCUT2D eigenvalue weighted by atomic mass is 32.2. The predicted octanol–water partition coefficient (Wildman–Crippen LogP) is 2.98. The summed E-state index contributed by atoms with van der Waals surface area (Å²) in [6, 6.07) is 0. The molecule has 0 rings (SSSR count). The molecule has 0 saturated heterocycles. The Morgan fingerprint density at radius 3 is 2.27 bits per heavy atom. The Labute approximate surface area is 74.4 Å². The van der Waals surface area contributed by atoms with E-state index in [0.717, 1.165) is 0 Å². The zero-order valence-electron chi connectivity index (χ0n) is 7.98. The number of hydrogen-bond acceptors (Lipinski definition) is 2. The molecule has 0 aliphatic carbocycles. The van der Waals surface area contributed by atoms with E-state index in [1.54, 1.807) is 6.20 Å². The Kier molecular flexibility index (Phi) is 4.66. The van der Waals surface area contributed by atoms with Crippen LogP contribution in [0.15, 0.2) is 11.1 Å². The molecule has 0 heterocycles. The van der Waals surface area contributed by atoms with Gasteiger partial charge in [0.25, 0.3) is 0 Å². The van der Waals surface area contributed by atoms with Crippen LogP contribution in [0.1, 0.15) is 34.1 Å². The van der Waals surface area contributed by atoms with Crippen molar-refractivity contribution in [1.82, 2.24) is 0 Å². The zero-order chi connectivity index (χ0) is 8.91. The lowest BCUT2D eigenvalue weighted by molar-refractivity contribution is 0.532. The highest BCUT2D eigenvalue weighted by molar-refractivity contribution is 8.03. The molecule has 2 heteroatoms. The normalized spacial score (nSPS) is 13.6. The van der Waals surface area contributed by atoms with Crippen LogP contribution in [-0.2, 0) is 0 Å². The standard InChI is InChI=1S/C9H19NS/c1-5-6-11-8(7-10)9(2,3)4/h7H,5-6,10H2,1-4H3/b8-7-. The summed E-state index contributed by atoms with van der Waals surface area (Å²) in [4.78, 5) is 1.29. The molecule has 0 atom stereocenters. The molecule has 0 aliphatic heterocycles. The van der Waals surface area contributed by atoms with Crippen LogP contribution in [0, 0.1) is 5.41 Å². The van der Waals surface area contributed by atoms with E-state index in [1.807, 2.05) is 11.8 Å². The van der Waals surface area contributed by atoms with E-state index in [4.69, 9.17) is 5.73 Å². The minimum absolute atomic E-state index is 0.217. The van der Waals surface area contributed by atoms with Crippen molar-refractivity contribution in [2.45, 2.75) is 34.1 Å². The second-order valence-corrected chi connectivity index (χ2v) is 4.77. The topological polar surface area (TPSA) is 26.0 Å². The van der Waals surface area contributed by atoms with E-state index in [2.05, 4.69) is 27.7 Å². The first kappa shape index (κ1) is 10.9. The molecule has 0 radical (unpaired) electrons. The fraction of sp³-hybridized carbons (Fsp3) is 0.778. The van der Waals surface area contributed by atoms with Gasteiger partial charge in [-0.2, -0.15) is 0 Å². The van der Waals surface area contributed by atoms with Gasteiger partial charge in [0.15, 0.2) is 0 Å². The van der Waals surface area contributed by atoms with Crippen LogP contribution >= 0.6 is 11.8 Å². The molecule has 0 aromatic heterocycles. The van der Waals surface area contributed by atoms with Gasteiger partial charge < -0.3 is 5.73 Å². The lowest BCUT2D eigenvalue weighted by Crippen LogP contribution is -2.08. The summed E-state index contributed by atoms with van der Waals surface area (Å²) in [5.74, 6) is 1.17. The molecule has 0 saturated carbocycles. The van der Waals surface area contributed by atoms with Gasteiger partial charge in [0.2, 0.25) is 0 Å². The Balaban J connectivity index is 3.99. The van der Waals surface area contributed by atoms with Crippen molar-refractivity contribution in [2.75, 3.05) is 5.75 Å². The lowest BCUT2D eigenvalue weighted by Gasteiger charge is -2.21. The van der Waals surface area contributed by atoms with Gasteiger partial charge in [-0.05, 0) is 17.6 Å². The largest absolute Gasteiger partial charge is 0.404 e. The predicted molar refractivity (Wildman–Crippen MR) is 54.5 cm³/mol. The van der Waals surface area contributed by atoms with Crippen molar-refractivity contribution >= 4 is 11.8 Å². The van der Waals surface area contributed by atoms with E-state index in [1.165, 1.54) is 17.1 Å². The summed E-state index contributed by atoms with van der Waals surface area (Å²) in [5.41, 5.74) is 5.73. The fourth-order valence-corrected chi connectivity index (χ4v) is 1.68. The first-order valence-electron chi connectivity index (χ1n) is 4.07. The number of nitrogens with two attached hydrogens (primary N) is 1. The summed E-state index contributed by atoms with van der Waals surface area (Å²) in [6.45, 7) is 8.75. The monoisotopic (exact) mass is 173 g/mol. The minimum Gasteiger partial charge on any atom is -0.404 e. The maximum absolute atomic E-state index is 5.52.